The van der Waals surface area contributed by atoms with E-state index in [1.807, 2.05) is 29.2 Å². The van der Waals surface area contributed by atoms with Gasteiger partial charge in [-0.1, -0.05) is 0 Å². The molecule has 1 saturated carbocycles. The third-order valence-electron chi connectivity index (χ3n) is 6.26. The lowest BCUT2D eigenvalue weighted by Gasteiger charge is -2.38. The van der Waals surface area contributed by atoms with Crippen LogP contribution in [0.1, 0.15) is 57.3 Å². The maximum atomic E-state index is 12.6. The van der Waals surface area contributed by atoms with Crippen molar-refractivity contribution in [3.8, 4) is 5.75 Å². The Morgan fingerprint density at radius 2 is 1.68 bits per heavy atom. The van der Waals surface area contributed by atoms with Crippen molar-refractivity contribution in [3.05, 3.63) is 29.8 Å². The van der Waals surface area contributed by atoms with Crippen molar-refractivity contribution in [2.75, 3.05) is 46.4 Å². The predicted molar refractivity (Wildman–Crippen MR) is 130 cm³/mol. The van der Waals surface area contributed by atoms with Gasteiger partial charge in [-0.2, -0.15) is 0 Å². The zero-order valence-corrected chi connectivity index (χ0v) is 21.2. The molecule has 8 nitrogen and oxygen atoms in total. The number of Topliss-reactive ketones (excluding diaryl/α,β-unsaturated/α-hetero) is 1. The smallest absolute Gasteiger partial charge is 0.410 e. The van der Waals surface area contributed by atoms with Crippen LogP contribution in [0.3, 0.4) is 0 Å². The first-order valence-corrected chi connectivity index (χ1v) is 12.3. The summed E-state index contributed by atoms with van der Waals surface area (Å²) in [6.07, 6.45) is 2.41. The van der Waals surface area contributed by atoms with Gasteiger partial charge in [-0.25, -0.2) is 4.79 Å². The number of hydrogen-bond acceptors (Lipinski definition) is 6. The van der Waals surface area contributed by atoms with E-state index in [4.69, 9.17) is 9.47 Å². The number of hydrogen-bond donors (Lipinski definition) is 0. The summed E-state index contributed by atoms with van der Waals surface area (Å²) in [4.78, 5) is 42.3. The number of benzene rings is 1. The monoisotopic (exact) mass is 473 g/mol. The normalized spacial score (nSPS) is 17.7. The van der Waals surface area contributed by atoms with Crippen molar-refractivity contribution >= 4 is 17.8 Å². The molecule has 1 aromatic carbocycles. The second kappa shape index (κ2) is 11.2. The van der Waals surface area contributed by atoms with Crippen LogP contribution in [0.4, 0.5) is 4.79 Å². The van der Waals surface area contributed by atoms with Gasteiger partial charge in [0.25, 0.3) is 0 Å². The zero-order chi connectivity index (χ0) is 24.9. The fourth-order valence-electron chi connectivity index (χ4n) is 3.95. The number of carbonyl (C=O) groups is 3. The standard InChI is InChI=1S/C26H39N3O5/c1-19(12-17-33-22-10-8-21(9-11-22)24(31)20-6-7-20)28-13-15-29(16-14-28)23(30)18-27(5)25(32)34-26(2,3)4/h8-11,19-20H,6-7,12-18H2,1-5H3/t19-/m1/s1. The highest BCUT2D eigenvalue weighted by Gasteiger charge is 2.30. The molecular formula is C26H39N3O5. The predicted octanol–water partition coefficient (Wildman–Crippen LogP) is 3.45. The molecule has 1 atom stereocenters. The van der Waals surface area contributed by atoms with Crippen LogP contribution < -0.4 is 4.74 Å². The lowest BCUT2D eigenvalue weighted by molar-refractivity contribution is -0.134. The molecule has 1 heterocycles. The van der Waals surface area contributed by atoms with Gasteiger partial charge in [-0.15, -0.1) is 0 Å². The average molecular weight is 474 g/mol. The number of ether oxygens (including phenoxy) is 2. The van der Waals surface area contributed by atoms with Crippen molar-refractivity contribution in [1.82, 2.24) is 14.7 Å². The molecule has 0 aromatic heterocycles. The maximum Gasteiger partial charge on any atom is 0.410 e. The second-order valence-electron chi connectivity index (χ2n) is 10.4. The molecule has 188 valence electrons. The van der Waals surface area contributed by atoms with Gasteiger partial charge in [0.15, 0.2) is 5.78 Å². The van der Waals surface area contributed by atoms with Gasteiger partial charge in [0, 0.05) is 50.7 Å². The van der Waals surface area contributed by atoms with Crippen LogP contribution in [0.15, 0.2) is 24.3 Å². The number of likely N-dealkylation sites (N-methyl/N-ethyl adjacent to an activating group) is 1. The van der Waals surface area contributed by atoms with Crippen molar-refractivity contribution in [1.29, 1.82) is 0 Å². The van der Waals surface area contributed by atoms with E-state index in [0.717, 1.165) is 43.7 Å². The minimum absolute atomic E-state index is 0.0172. The Morgan fingerprint density at radius 3 is 2.24 bits per heavy atom. The van der Waals surface area contributed by atoms with E-state index in [9.17, 15) is 14.4 Å². The average Bonchev–Trinajstić information content (AvgIpc) is 3.63. The second-order valence-corrected chi connectivity index (χ2v) is 10.4. The van der Waals surface area contributed by atoms with E-state index < -0.39 is 11.7 Å². The summed E-state index contributed by atoms with van der Waals surface area (Å²) in [6, 6.07) is 7.79. The number of rotatable bonds is 9. The highest BCUT2D eigenvalue weighted by Crippen LogP contribution is 2.32. The van der Waals surface area contributed by atoms with Crippen LogP contribution in [0.25, 0.3) is 0 Å². The number of ketones is 1. The molecule has 1 saturated heterocycles. The van der Waals surface area contributed by atoms with Crippen LogP contribution in [0, 0.1) is 5.92 Å². The molecule has 1 aromatic rings. The molecule has 1 aliphatic carbocycles. The minimum atomic E-state index is -0.585. The first kappa shape index (κ1) is 26.0. The maximum absolute atomic E-state index is 12.6. The summed E-state index contributed by atoms with van der Waals surface area (Å²) < 4.78 is 11.2. The molecule has 0 bridgehead atoms. The SMILES string of the molecule is C[C@H](CCOc1ccc(C(=O)C2CC2)cc1)N1CCN(C(=O)CN(C)C(=O)OC(C)(C)C)CC1. The lowest BCUT2D eigenvalue weighted by Crippen LogP contribution is -2.53. The van der Waals surface area contributed by atoms with E-state index in [-0.39, 0.29) is 24.2 Å². The Hall–Kier alpha value is -2.61. The highest BCUT2D eigenvalue weighted by molar-refractivity contribution is 5.99. The highest BCUT2D eigenvalue weighted by atomic mass is 16.6. The third kappa shape index (κ3) is 7.72. The summed E-state index contributed by atoms with van der Waals surface area (Å²) >= 11 is 0. The number of nitrogens with zero attached hydrogens (tertiary/aromatic N) is 3. The molecule has 2 aliphatic rings. The summed E-state index contributed by atoms with van der Waals surface area (Å²) in [5, 5.41) is 0. The van der Waals surface area contributed by atoms with Crippen LogP contribution in [0.5, 0.6) is 5.75 Å². The Kier molecular flexibility index (Phi) is 8.57. The molecule has 0 N–H and O–H groups in total. The fourth-order valence-corrected chi connectivity index (χ4v) is 3.95. The first-order chi connectivity index (χ1) is 16.0. The van der Waals surface area contributed by atoms with Gasteiger partial charge in [0.1, 0.15) is 17.9 Å². The van der Waals surface area contributed by atoms with Crippen LogP contribution in [-0.2, 0) is 9.53 Å². The number of amides is 2. The Labute approximate surface area is 203 Å². The van der Waals surface area contributed by atoms with Crippen molar-refractivity contribution in [2.45, 2.75) is 58.6 Å². The Balaban J connectivity index is 1.34. The van der Waals surface area contributed by atoms with E-state index in [0.29, 0.717) is 25.7 Å². The van der Waals surface area contributed by atoms with E-state index in [1.165, 1.54) is 4.90 Å². The summed E-state index contributed by atoms with van der Waals surface area (Å²) in [5.41, 5.74) is 0.186. The molecule has 0 radical (unpaired) electrons. The quantitative estimate of drug-likeness (QED) is 0.511. The molecule has 0 unspecified atom stereocenters. The van der Waals surface area contributed by atoms with Gasteiger partial charge >= 0.3 is 6.09 Å². The van der Waals surface area contributed by atoms with Gasteiger partial charge in [0.05, 0.1) is 6.61 Å². The largest absolute Gasteiger partial charge is 0.494 e. The van der Waals surface area contributed by atoms with Crippen LogP contribution in [-0.4, -0.2) is 90.5 Å². The van der Waals surface area contributed by atoms with Gasteiger partial charge in [0.2, 0.25) is 5.91 Å². The molecule has 34 heavy (non-hydrogen) atoms. The van der Waals surface area contributed by atoms with Crippen molar-refractivity contribution < 1.29 is 23.9 Å². The van der Waals surface area contributed by atoms with Crippen molar-refractivity contribution in [2.24, 2.45) is 5.92 Å². The molecule has 0 spiro atoms. The van der Waals surface area contributed by atoms with Crippen LogP contribution in [0.2, 0.25) is 0 Å². The minimum Gasteiger partial charge on any atom is -0.494 e. The van der Waals surface area contributed by atoms with E-state index >= 15 is 0 Å². The molecule has 8 heteroatoms. The lowest BCUT2D eigenvalue weighted by atomic mass is 10.1. The first-order valence-electron chi connectivity index (χ1n) is 12.3. The fraction of sp³-hybridized carbons (Fsp3) is 0.654. The zero-order valence-electron chi connectivity index (χ0n) is 21.2. The van der Waals surface area contributed by atoms with Crippen LogP contribution >= 0.6 is 0 Å². The molecular weight excluding hydrogens is 434 g/mol. The Bertz CT molecular complexity index is 852. The van der Waals surface area contributed by atoms with Gasteiger partial charge in [-0.05, 0) is 71.2 Å². The van der Waals surface area contributed by atoms with E-state index in [2.05, 4.69) is 11.8 Å². The number of carbonyl (C=O) groups excluding carboxylic acids is 3. The summed E-state index contributed by atoms with van der Waals surface area (Å²) in [5.74, 6) is 1.19. The third-order valence-corrected chi connectivity index (χ3v) is 6.26. The summed E-state index contributed by atoms with van der Waals surface area (Å²) in [6.45, 7) is 11.1. The molecule has 1 aliphatic heterocycles. The Morgan fingerprint density at radius 1 is 1.06 bits per heavy atom. The molecule has 2 fully saturated rings. The molecule has 3 rings (SSSR count). The van der Waals surface area contributed by atoms with Gasteiger partial charge < -0.3 is 19.3 Å². The summed E-state index contributed by atoms with van der Waals surface area (Å²) in [7, 11) is 1.59. The van der Waals surface area contributed by atoms with Crippen molar-refractivity contribution in [3.63, 3.8) is 0 Å². The van der Waals surface area contributed by atoms with Gasteiger partial charge in [-0.3, -0.25) is 14.5 Å². The van der Waals surface area contributed by atoms with E-state index in [1.54, 1.807) is 27.8 Å². The molecule has 2 amide bonds. The topological polar surface area (TPSA) is 79.4 Å². The number of piperazine rings is 1.